The molecule has 0 unspecified atom stereocenters. The molecule has 0 radical (unpaired) electrons. The number of aromatic nitrogens is 3. The monoisotopic (exact) mass is 268 g/mol. The maximum absolute atomic E-state index is 9.17. The summed E-state index contributed by atoms with van der Waals surface area (Å²) < 4.78 is 0. The standard InChI is InChI=1S/C14H16N6/c1-10-11(2)19-20-14(12(10)9-15)18-8-7-17-13-5-3-4-6-16-13/h3-6H,7-8H2,1-2H3,(H,16,17)(H,18,20). The third-order valence-corrected chi connectivity index (χ3v) is 2.95. The lowest BCUT2D eigenvalue weighted by Gasteiger charge is -2.10. The lowest BCUT2D eigenvalue weighted by Crippen LogP contribution is -2.16. The summed E-state index contributed by atoms with van der Waals surface area (Å²) in [5, 5.41) is 23.5. The van der Waals surface area contributed by atoms with Crippen molar-refractivity contribution >= 4 is 11.6 Å². The zero-order chi connectivity index (χ0) is 14.4. The fourth-order valence-corrected chi connectivity index (χ4v) is 1.71. The van der Waals surface area contributed by atoms with Gasteiger partial charge in [0, 0.05) is 19.3 Å². The van der Waals surface area contributed by atoms with E-state index < -0.39 is 0 Å². The number of nitriles is 1. The number of nitrogens with one attached hydrogen (secondary N) is 2. The van der Waals surface area contributed by atoms with Gasteiger partial charge in [-0.3, -0.25) is 0 Å². The topological polar surface area (TPSA) is 86.5 Å². The summed E-state index contributed by atoms with van der Waals surface area (Å²) in [6.45, 7) is 5.02. The summed E-state index contributed by atoms with van der Waals surface area (Å²) in [5.74, 6) is 1.35. The van der Waals surface area contributed by atoms with Crippen LogP contribution >= 0.6 is 0 Å². The molecule has 0 amide bonds. The van der Waals surface area contributed by atoms with Gasteiger partial charge in [-0.2, -0.15) is 10.4 Å². The van der Waals surface area contributed by atoms with E-state index in [1.165, 1.54) is 0 Å². The predicted molar refractivity (Wildman–Crippen MR) is 77.4 cm³/mol. The highest BCUT2D eigenvalue weighted by Gasteiger charge is 2.09. The van der Waals surface area contributed by atoms with Gasteiger partial charge in [-0.15, -0.1) is 5.10 Å². The average molecular weight is 268 g/mol. The van der Waals surface area contributed by atoms with Crippen molar-refractivity contribution in [3.05, 3.63) is 41.2 Å². The van der Waals surface area contributed by atoms with Gasteiger partial charge in [-0.1, -0.05) is 6.07 Å². The number of rotatable bonds is 5. The fraction of sp³-hybridized carbons (Fsp3) is 0.286. The van der Waals surface area contributed by atoms with Crippen LogP contribution in [0.1, 0.15) is 16.8 Å². The number of anilines is 2. The molecule has 0 bridgehead atoms. The summed E-state index contributed by atoms with van der Waals surface area (Å²) in [4.78, 5) is 4.16. The summed E-state index contributed by atoms with van der Waals surface area (Å²) in [7, 11) is 0. The van der Waals surface area contributed by atoms with E-state index in [1.54, 1.807) is 6.20 Å². The van der Waals surface area contributed by atoms with Crippen molar-refractivity contribution in [3.63, 3.8) is 0 Å². The first-order valence-electron chi connectivity index (χ1n) is 6.35. The Morgan fingerprint density at radius 2 is 1.95 bits per heavy atom. The van der Waals surface area contributed by atoms with E-state index in [2.05, 4.69) is 31.9 Å². The molecule has 0 aliphatic heterocycles. The summed E-state index contributed by atoms with van der Waals surface area (Å²) in [6, 6.07) is 7.86. The molecular weight excluding hydrogens is 252 g/mol. The Balaban J connectivity index is 1.92. The highest BCUT2D eigenvalue weighted by atomic mass is 15.2. The van der Waals surface area contributed by atoms with E-state index in [4.69, 9.17) is 0 Å². The molecule has 6 nitrogen and oxygen atoms in total. The maximum atomic E-state index is 9.17. The van der Waals surface area contributed by atoms with Crippen molar-refractivity contribution in [2.75, 3.05) is 23.7 Å². The summed E-state index contributed by atoms with van der Waals surface area (Å²) >= 11 is 0. The molecule has 0 aliphatic rings. The Hall–Kier alpha value is -2.68. The molecule has 2 aromatic rings. The van der Waals surface area contributed by atoms with Crippen molar-refractivity contribution < 1.29 is 0 Å². The molecule has 0 saturated heterocycles. The molecular formula is C14H16N6. The summed E-state index contributed by atoms with van der Waals surface area (Å²) in [5.41, 5.74) is 2.19. The van der Waals surface area contributed by atoms with Gasteiger partial charge in [0.05, 0.1) is 5.69 Å². The third kappa shape index (κ3) is 3.20. The minimum Gasteiger partial charge on any atom is -0.368 e. The molecule has 6 heteroatoms. The molecule has 2 heterocycles. The van der Waals surface area contributed by atoms with Crippen molar-refractivity contribution in [1.29, 1.82) is 5.26 Å². The van der Waals surface area contributed by atoms with Crippen LogP contribution in [0.2, 0.25) is 0 Å². The molecule has 0 atom stereocenters. The smallest absolute Gasteiger partial charge is 0.166 e. The lowest BCUT2D eigenvalue weighted by molar-refractivity contribution is 0.937. The van der Waals surface area contributed by atoms with Crippen LogP contribution in [0.15, 0.2) is 24.4 Å². The largest absolute Gasteiger partial charge is 0.368 e. The van der Waals surface area contributed by atoms with Crippen LogP contribution in [0.4, 0.5) is 11.6 Å². The van der Waals surface area contributed by atoms with Crippen LogP contribution in [-0.4, -0.2) is 28.3 Å². The fourth-order valence-electron chi connectivity index (χ4n) is 1.71. The second kappa shape index (κ2) is 6.48. The van der Waals surface area contributed by atoms with Crippen molar-refractivity contribution in [2.45, 2.75) is 13.8 Å². The Morgan fingerprint density at radius 1 is 1.15 bits per heavy atom. The molecule has 2 aromatic heterocycles. The zero-order valence-corrected chi connectivity index (χ0v) is 11.5. The zero-order valence-electron chi connectivity index (χ0n) is 11.5. The van der Waals surface area contributed by atoms with Crippen molar-refractivity contribution in [3.8, 4) is 6.07 Å². The molecule has 2 N–H and O–H groups in total. The van der Waals surface area contributed by atoms with Crippen molar-refractivity contribution in [1.82, 2.24) is 15.2 Å². The third-order valence-electron chi connectivity index (χ3n) is 2.95. The number of pyridine rings is 1. The first kappa shape index (κ1) is 13.7. The van der Waals surface area contributed by atoms with Crippen LogP contribution in [0.3, 0.4) is 0 Å². The van der Waals surface area contributed by atoms with Gasteiger partial charge in [-0.25, -0.2) is 4.98 Å². The van der Waals surface area contributed by atoms with Crippen molar-refractivity contribution in [2.24, 2.45) is 0 Å². The quantitative estimate of drug-likeness (QED) is 0.805. The molecule has 102 valence electrons. The van der Waals surface area contributed by atoms with Crippen LogP contribution in [-0.2, 0) is 0 Å². The van der Waals surface area contributed by atoms with Gasteiger partial charge in [0.25, 0.3) is 0 Å². The normalized spacial score (nSPS) is 9.85. The predicted octanol–water partition coefficient (Wildman–Crippen LogP) is 1.88. The van der Waals surface area contributed by atoms with Gasteiger partial charge in [0.15, 0.2) is 5.82 Å². The molecule has 0 fully saturated rings. The Labute approximate surface area is 117 Å². The molecule has 0 spiro atoms. The Morgan fingerprint density at radius 3 is 2.65 bits per heavy atom. The van der Waals surface area contributed by atoms with Gasteiger partial charge < -0.3 is 10.6 Å². The van der Waals surface area contributed by atoms with Gasteiger partial charge >= 0.3 is 0 Å². The average Bonchev–Trinajstić information content (AvgIpc) is 2.48. The maximum Gasteiger partial charge on any atom is 0.166 e. The van der Waals surface area contributed by atoms with Crippen LogP contribution in [0.5, 0.6) is 0 Å². The first-order valence-corrected chi connectivity index (χ1v) is 6.35. The number of nitrogens with zero attached hydrogens (tertiary/aromatic N) is 4. The number of hydrogen-bond donors (Lipinski definition) is 2. The SMILES string of the molecule is Cc1nnc(NCCNc2ccccn2)c(C#N)c1C. The van der Waals surface area contributed by atoms with Gasteiger partial charge in [0.1, 0.15) is 17.5 Å². The number of hydrogen-bond acceptors (Lipinski definition) is 6. The molecule has 0 saturated carbocycles. The second-order valence-corrected chi connectivity index (χ2v) is 4.31. The Bertz CT molecular complexity index is 618. The van der Waals surface area contributed by atoms with Crippen LogP contribution < -0.4 is 10.6 Å². The van der Waals surface area contributed by atoms with Crippen LogP contribution in [0, 0.1) is 25.2 Å². The molecule has 2 rings (SSSR count). The minimum atomic E-state index is 0.526. The molecule has 20 heavy (non-hydrogen) atoms. The molecule has 0 aromatic carbocycles. The van der Waals surface area contributed by atoms with Gasteiger partial charge in [0.2, 0.25) is 0 Å². The highest BCUT2D eigenvalue weighted by molar-refractivity contribution is 5.55. The Kier molecular flexibility index (Phi) is 4.45. The highest BCUT2D eigenvalue weighted by Crippen LogP contribution is 2.16. The van der Waals surface area contributed by atoms with Crippen LogP contribution in [0.25, 0.3) is 0 Å². The van der Waals surface area contributed by atoms with E-state index >= 15 is 0 Å². The van der Waals surface area contributed by atoms with E-state index in [9.17, 15) is 5.26 Å². The van der Waals surface area contributed by atoms with E-state index in [1.807, 2.05) is 32.0 Å². The summed E-state index contributed by atoms with van der Waals surface area (Å²) in [6.07, 6.45) is 1.73. The van der Waals surface area contributed by atoms with E-state index in [0.717, 1.165) is 17.1 Å². The van der Waals surface area contributed by atoms with E-state index in [-0.39, 0.29) is 0 Å². The minimum absolute atomic E-state index is 0.526. The first-order chi connectivity index (χ1) is 9.72. The number of aryl methyl sites for hydroxylation is 1. The van der Waals surface area contributed by atoms with Gasteiger partial charge in [-0.05, 0) is 31.5 Å². The van der Waals surface area contributed by atoms with E-state index in [0.29, 0.717) is 24.5 Å². The lowest BCUT2D eigenvalue weighted by atomic mass is 10.1. The molecule has 0 aliphatic carbocycles. The second-order valence-electron chi connectivity index (χ2n) is 4.31.